The summed E-state index contributed by atoms with van der Waals surface area (Å²) in [5, 5.41) is 1.16. The van der Waals surface area contributed by atoms with Crippen molar-refractivity contribution in [1.82, 2.24) is 9.80 Å². The van der Waals surface area contributed by atoms with Gasteiger partial charge in [-0.05, 0) is 55.8 Å². The Bertz CT molecular complexity index is 1190. The summed E-state index contributed by atoms with van der Waals surface area (Å²) in [6, 6.07) is 7.79. The maximum absolute atomic E-state index is 13.1. The van der Waals surface area contributed by atoms with Gasteiger partial charge in [0.1, 0.15) is 5.57 Å². The minimum absolute atomic E-state index is 0.0859. The Morgan fingerprint density at radius 2 is 1.46 bits per heavy atom. The number of amides is 2. The molecule has 0 aliphatic carbocycles. The molecule has 0 atom stereocenters. The Morgan fingerprint density at radius 3 is 2.05 bits per heavy atom. The van der Waals surface area contributed by atoms with Gasteiger partial charge in [-0.3, -0.25) is 23.9 Å². The first-order valence-corrected chi connectivity index (χ1v) is 15.3. The van der Waals surface area contributed by atoms with Gasteiger partial charge >= 0.3 is 0 Å². The van der Waals surface area contributed by atoms with E-state index in [1.165, 1.54) is 15.9 Å². The van der Waals surface area contributed by atoms with E-state index < -0.39 is 10.1 Å². The molecule has 2 aliphatic heterocycles. The van der Waals surface area contributed by atoms with Crippen molar-refractivity contribution in [2.45, 2.75) is 50.8 Å². The lowest BCUT2D eigenvalue weighted by atomic mass is 10.1. The molecule has 0 spiro atoms. The van der Waals surface area contributed by atoms with Gasteiger partial charge in [-0.2, -0.15) is 8.42 Å². The molecule has 1 saturated heterocycles. The molecule has 1 fully saturated rings. The number of anilines is 1. The van der Waals surface area contributed by atoms with Crippen LogP contribution in [0.2, 0.25) is 0 Å². The number of hydrogen-bond donors (Lipinski definition) is 1. The van der Waals surface area contributed by atoms with Gasteiger partial charge in [-0.15, -0.1) is 0 Å². The molecular formula is C26H33N3O5S3. The highest BCUT2D eigenvalue weighted by Crippen LogP contribution is 2.45. The van der Waals surface area contributed by atoms with Crippen LogP contribution >= 0.6 is 24.0 Å². The second kappa shape index (κ2) is 13.4. The zero-order valence-electron chi connectivity index (χ0n) is 21.1. The zero-order valence-corrected chi connectivity index (χ0v) is 23.6. The molecule has 37 heavy (non-hydrogen) atoms. The highest BCUT2D eigenvalue weighted by atomic mass is 32.2. The minimum Gasteiger partial charge on any atom is -0.335 e. The number of thiocarbonyl (C=S) groups is 1. The van der Waals surface area contributed by atoms with E-state index in [0.29, 0.717) is 19.6 Å². The van der Waals surface area contributed by atoms with E-state index in [2.05, 4.69) is 0 Å². The Morgan fingerprint density at radius 1 is 0.892 bits per heavy atom. The van der Waals surface area contributed by atoms with Crippen molar-refractivity contribution < 1.29 is 22.6 Å². The third-order valence-electron chi connectivity index (χ3n) is 5.92. The summed E-state index contributed by atoms with van der Waals surface area (Å²) >= 11 is 7.03. The van der Waals surface area contributed by atoms with Gasteiger partial charge in [-0.25, -0.2) is 0 Å². The topological polar surface area (TPSA) is 98.2 Å². The van der Waals surface area contributed by atoms with Crippen LogP contribution in [0.3, 0.4) is 0 Å². The molecule has 3 rings (SSSR count). The molecule has 2 aliphatic rings. The van der Waals surface area contributed by atoms with Crippen LogP contribution in [0.4, 0.5) is 5.69 Å². The molecule has 8 nitrogen and oxygen atoms in total. The fraction of sp³-hybridized carbons (Fsp3) is 0.423. The van der Waals surface area contributed by atoms with Crippen LogP contribution in [0.25, 0.3) is 0 Å². The number of allylic oxidation sites excluding steroid dienone is 4. The first kappa shape index (κ1) is 29.1. The van der Waals surface area contributed by atoms with Gasteiger partial charge in [0.15, 0.2) is 5.11 Å². The first-order valence-electron chi connectivity index (χ1n) is 12.4. The van der Waals surface area contributed by atoms with Crippen molar-refractivity contribution in [3.8, 4) is 0 Å². The fourth-order valence-electron chi connectivity index (χ4n) is 3.97. The summed E-state index contributed by atoms with van der Waals surface area (Å²) in [5.41, 5.74) is 1.05. The quantitative estimate of drug-likeness (QED) is 0.168. The van der Waals surface area contributed by atoms with E-state index in [4.69, 9.17) is 16.8 Å². The molecule has 1 aromatic carbocycles. The number of rotatable bonds is 12. The first-order chi connectivity index (χ1) is 17.7. The maximum atomic E-state index is 13.1. The number of benzene rings is 1. The van der Waals surface area contributed by atoms with Crippen molar-refractivity contribution in [2.24, 2.45) is 0 Å². The van der Waals surface area contributed by atoms with Crippen LogP contribution in [0.15, 0.2) is 64.1 Å². The number of carbonyl (C=O) groups is 2. The number of nitrogens with zero attached hydrogens (tertiary/aromatic N) is 3. The smallest absolute Gasteiger partial charge is 0.265 e. The number of unbranched alkanes of at least 4 members (excludes halogenated alkanes) is 2. The highest BCUT2D eigenvalue weighted by Gasteiger charge is 2.38. The number of para-hydroxylation sites is 1. The normalized spacial score (nSPS) is 17.5. The molecule has 0 aromatic heterocycles. The van der Waals surface area contributed by atoms with Gasteiger partial charge in [0.2, 0.25) is 0 Å². The number of thioether (sulfide) groups is 1. The summed E-state index contributed by atoms with van der Waals surface area (Å²) < 4.78 is 31.4. The predicted molar refractivity (Wildman–Crippen MR) is 152 cm³/mol. The summed E-state index contributed by atoms with van der Waals surface area (Å²) in [5.74, 6) is -1.06. The lowest BCUT2D eigenvalue weighted by Crippen LogP contribution is -2.56. The van der Waals surface area contributed by atoms with Crippen molar-refractivity contribution >= 4 is 56.7 Å². The van der Waals surface area contributed by atoms with Crippen molar-refractivity contribution in [3.05, 3.63) is 59.2 Å². The van der Waals surface area contributed by atoms with Gasteiger partial charge in [-0.1, -0.05) is 62.7 Å². The monoisotopic (exact) mass is 563 g/mol. The Balaban J connectivity index is 1.81. The summed E-state index contributed by atoms with van der Waals surface area (Å²) in [4.78, 5) is 32.3. The molecule has 2 heterocycles. The second-order valence-electron chi connectivity index (χ2n) is 8.73. The Kier molecular flexibility index (Phi) is 10.5. The Hall–Kier alpha value is -2.47. The van der Waals surface area contributed by atoms with Crippen LogP contribution in [-0.2, 0) is 19.7 Å². The van der Waals surface area contributed by atoms with Crippen molar-refractivity contribution in [1.29, 1.82) is 0 Å². The largest absolute Gasteiger partial charge is 0.335 e. The van der Waals surface area contributed by atoms with E-state index in [1.54, 1.807) is 23.9 Å². The van der Waals surface area contributed by atoms with Crippen LogP contribution in [0, 0.1) is 0 Å². The average molecular weight is 564 g/mol. The van der Waals surface area contributed by atoms with Gasteiger partial charge in [0.25, 0.3) is 21.9 Å². The lowest BCUT2D eigenvalue weighted by molar-refractivity contribution is -0.133. The highest BCUT2D eigenvalue weighted by molar-refractivity contribution is 8.03. The fourth-order valence-corrected chi connectivity index (χ4v) is 5.92. The standard InChI is InChI=1S/C26H33N3O5S3/c1-3-5-16-28-24(30)20(25(31)29(26(28)35)17-6-4-2)12-7-10-15-23-27(18-11-19-37(32,33)34)21-13-8-9-14-22(21)36-23/h7-10,12-15H,3-6,11,16-19H2,1-2H3,(H,32,33,34). The van der Waals surface area contributed by atoms with Crippen LogP contribution in [0.1, 0.15) is 46.0 Å². The van der Waals surface area contributed by atoms with Crippen LogP contribution in [0.5, 0.6) is 0 Å². The van der Waals surface area contributed by atoms with E-state index >= 15 is 0 Å². The maximum Gasteiger partial charge on any atom is 0.265 e. The predicted octanol–water partition coefficient (Wildman–Crippen LogP) is 4.76. The van der Waals surface area contributed by atoms with E-state index in [-0.39, 0.29) is 34.7 Å². The summed E-state index contributed by atoms with van der Waals surface area (Å²) in [6.45, 7) is 5.44. The zero-order chi connectivity index (χ0) is 27.0. The Labute approximate surface area is 228 Å². The number of carbonyl (C=O) groups excluding carboxylic acids is 2. The molecule has 0 bridgehead atoms. The van der Waals surface area contributed by atoms with E-state index in [0.717, 1.165) is 41.3 Å². The molecule has 200 valence electrons. The van der Waals surface area contributed by atoms with Crippen LogP contribution < -0.4 is 4.90 Å². The summed E-state index contributed by atoms with van der Waals surface area (Å²) in [6.07, 6.45) is 10.5. The number of fused-ring (bicyclic) bond motifs is 1. The second-order valence-corrected chi connectivity index (χ2v) is 11.7. The molecule has 1 N–H and O–H groups in total. The third kappa shape index (κ3) is 7.53. The third-order valence-corrected chi connectivity index (χ3v) is 8.29. The molecule has 11 heteroatoms. The number of hydrogen-bond acceptors (Lipinski definition) is 7. The molecule has 0 unspecified atom stereocenters. The van der Waals surface area contributed by atoms with Gasteiger partial charge in [0, 0.05) is 24.5 Å². The van der Waals surface area contributed by atoms with E-state index in [9.17, 15) is 18.0 Å². The van der Waals surface area contributed by atoms with Gasteiger partial charge in [0.05, 0.1) is 16.5 Å². The molecule has 0 saturated carbocycles. The molecule has 0 radical (unpaired) electrons. The van der Waals surface area contributed by atoms with Crippen molar-refractivity contribution in [2.75, 3.05) is 30.3 Å². The van der Waals surface area contributed by atoms with Crippen molar-refractivity contribution in [3.63, 3.8) is 0 Å². The SMILES string of the molecule is CCCCN1C(=O)C(=CC=CC=C2Sc3ccccc3N2CCCS(=O)(=O)O)C(=O)N(CCCC)C1=S. The molecule has 2 amide bonds. The van der Waals surface area contributed by atoms with Crippen LogP contribution in [-0.4, -0.2) is 65.1 Å². The molecule has 1 aromatic rings. The van der Waals surface area contributed by atoms with Gasteiger partial charge < -0.3 is 4.90 Å². The minimum atomic E-state index is -4.04. The molecular weight excluding hydrogens is 531 g/mol. The average Bonchev–Trinajstić information content (AvgIpc) is 3.20. The summed E-state index contributed by atoms with van der Waals surface area (Å²) in [7, 11) is -4.04. The lowest BCUT2D eigenvalue weighted by Gasteiger charge is -2.36. The van der Waals surface area contributed by atoms with E-state index in [1.807, 2.05) is 49.1 Å².